The molecule has 1 fully saturated rings. The van der Waals surface area contributed by atoms with E-state index in [1.54, 1.807) is 11.8 Å². The number of aliphatic carboxylic acids is 1. The summed E-state index contributed by atoms with van der Waals surface area (Å²) in [5.74, 6) is 0.265. The molecule has 0 aromatic heterocycles. The molecule has 0 aromatic rings. The van der Waals surface area contributed by atoms with Gasteiger partial charge in [-0.25, -0.2) is 0 Å². The van der Waals surface area contributed by atoms with Gasteiger partial charge in [-0.15, -0.1) is 0 Å². The molecular formula is C12H22N2O2S2. The van der Waals surface area contributed by atoms with Crippen molar-refractivity contribution in [2.45, 2.75) is 45.6 Å². The molecule has 0 atom stereocenters. The molecule has 0 spiro atoms. The van der Waals surface area contributed by atoms with Gasteiger partial charge in [-0.2, -0.15) is 0 Å². The van der Waals surface area contributed by atoms with Crippen molar-refractivity contribution >= 4 is 34.3 Å². The van der Waals surface area contributed by atoms with E-state index in [4.69, 9.17) is 17.3 Å². The van der Waals surface area contributed by atoms with Crippen molar-refractivity contribution in [1.29, 1.82) is 0 Å². The van der Waals surface area contributed by atoms with Crippen molar-refractivity contribution in [2.24, 2.45) is 0 Å². The lowest BCUT2D eigenvalue weighted by molar-refractivity contribution is -0.137. The van der Waals surface area contributed by atoms with E-state index >= 15 is 0 Å². The quantitative estimate of drug-likeness (QED) is 0.574. The summed E-state index contributed by atoms with van der Waals surface area (Å²) in [5, 5.41) is 8.55. The second kappa shape index (κ2) is 7.96. The largest absolute Gasteiger partial charge is 0.481 e. The number of hydrogen-bond donors (Lipinski definition) is 1. The Morgan fingerprint density at radius 2 is 2.17 bits per heavy atom. The summed E-state index contributed by atoms with van der Waals surface area (Å²) < 4.78 is 0.993. The van der Waals surface area contributed by atoms with Gasteiger partial charge in [0.05, 0.1) is 12.5 Å². The molecule has 0 bridgehead atoms. The summed E-state index contributed by atoms with van der Waals surface area (Å²) in [4.78, 5) is 15.0. The van der Waals surface area contributed by atoms with Gasteiger partial charge < -0.3 is 10.0 Å². The number of thiocarbonyl (C=S) groups is 1. The lowest BCUT2D eigenvalue weighted by atomic mass is 10.2. The molecule has 1 N–H and O–H groups in total. The average Bonchev–Trinajstić information content (AvgIpc) is 2.30. The molecule has 1 saturated heterocycles. The van der Waals surface area contributed by atoms with Gasteiger partial charge in [0.15, 0.2) is 0 Å². The van der Waals surface area contributed by atoms with Crippen LogP contribution in [0.25, 0.3) is 0 Å². The summed E-state index contributed by atoms with van der Waals surface area (Å²) in [6, 6.07) is 0.444. The zero-order valence-corrected chi connectivity index (χ0v) is 12.7. The fraction of sp³-hybridized carbons (Fsp3) is 0.833. The minimum atomic E-state index is -0.695. The third-order valence-corrected chi connectivity index (χ3v) is 4.51. The van der Waals surface area contributed by atoms with Crippen LogP contribution in [-0.4, -0.2) is 50.3 Å². The highest BCUT2D eigenvalue weighted by molar-refractivity contribution is 8.22. The molecule has 0 aliphatic carbocycles. The fourth-order valence-electron chi connectivity index (χ4n) is 1.84. The van der Waals surface area contributed by atoms with Gasteiger partial charge in [-0.3, -0.25) is 9.69 Å². The average molecular weight is 290 g/mol. The normalized spacial score (nSPS) is 17.5. The van der Waals surface area contributed by atoms with Gasteiger partial charge >= 0.3 is 5.97 Å². The first-order valence-electron chi connectivity index (χ1n) is 6.38. The van der Waals surface area contributed by atoms with E-state index in [0.29, 0.717) is 6.04 Å². The Morgan fingerprint density at radius 3 is 2.78 bits per heavy atom. The maximum absolute atomic E-state index is 10.4. The molecule has 4 nitrogen and oxygen atoms in total. The van der Waals surface area contributed by atoms with Crippen LogP contribution >= 0.6 is 24.0 Å². The second-order valence-electron chi connectivity index (χ2n) is 4.84. The molecule has 104 valence electrons. The summed E-state index contributed by atoms with van der Waals surface area (Å²) in [6.07, 6.45) is 3.12. The SMILES string of the molecule is CC(C)N1CN(CCCCCC(=O)O)CSC1=S. The molecule has 0 unspecified atom stereocenters. The van der Waals surface area contributed by atoms with E-state index < -0.39 is 5.97 Å². The number of carboxylic acid groups (broad SMARTS) is 1. The highest BCUT2D eigenvalue weighted by atomic mass is 32.2. The van der Waals surface area contributed by atoms with E-state index in [1.165, 1.54) is 0 Å². The van der Waals surface area contributed by atoms with E-state index in [2.05, 4.69) is 23.6 Å². The van der Waals surface area contributed by atoms with Crippen LogP contribution in [0.5, 0.6) is 0 Å². The van der Waals surface area contributed by atoms with Gasteiger partial charge in [0.2, 0.25) is 0 Å². The maximum Gasteiger partial charge on any atom is 0.303 e. The van der Waals surface area contributed by atoms with Crippen molar-refractivity contribution in [3.8, 4) is 0 Å². The molecule has 18 heavy (non-hydrogen) atoms. The summed E-state index contributed by atoms with van der Waals surface area (Å²) in [5.41, 5.74) is 0. The van der Waals surface area contributed by atoms with Crippen LogP contribution in [0.2, 0.25) is 0 Å². The van der Waals surface area contributed by atoms with Gasteiger partial charge in [0.25, 0.3) is 0 Å². The summed E-state index contributed by atoms with van der Waals surface area (Å²) in [6.45, 7) is 6.24. The van der Waals surface area contributed by atoms with Gasteiger partial charge in [-0.1, -0.05) is 30.4 Å². The molecule has 0 amide bonds. The number of hydrogen-bond acceptors (Lipinski definition) is 4. The van der Waals surface area contributed by atoms with E-state index in [0.717, 1.165) is 42.7 Å². The maximum atomic E-state index is 10.4. The molecule has 1 aliphatic rings. The zero-order chi connectivity index (χ0) is 13.5. The Bertz CT molecular complexity index is 298. The Hall–Kier alpha value is -0.330. The molecular weight excluding hydrogens is 268 g/mol. The molecule has 0 aromatic carbocycles. The van der Waals surface area contributed by atoms with Gasteiger partial charge in [0.1, 0.15) is 4.32 Å². The van der Waals surface area contributed by atoms with Crippen LogP contribution in [0.1, 0.15) is 39.5 Å². The number of thioether (sulfide) groups is 1. The highest BCUT2D eigenvalue weighted by Crippen LogP contribution is 2.21. The number of carboxylic acids is 1. The van der Waals surface area contributed by atoms with Crippen LogP contribution < -0.4 is 0 Å². The predicted octanol–water partition coefficient (Wildman–Crippen LogP) is 2.59. The Labute approximate surface area is 119 Å². The molecule has 6 heteroatoms. The third kappa shape index (κ3) is 5.54. The van der Waals surface area contributed by atoms with E-state index in [9.17, 15) is 4.79 Å². The zero-order valence-electron chi connectivity index (χ0n) is 11.1. The van der Waals surface area contributed by atoms with Crippen LogP contribution in [0.15, 0.2) is 0 Å². The van der Waals surface area contributed by atoms with Crippen LogP contribution in [0.4, 0.5) is 0 Å². The van der Waals surface area contributed by atoms with Crippen molar-refractivity contribution < 1.29 is 9.90 Å². The second-order valence-corrected chi connectivity index (χ2v) is 6.42. The van der Waals surface area contributed by atoms with Crippen LogP contribution in [-0.2, 0) is 4.79 Å². The standard InChI is InChI=1S/C12H22N2O2S2/c1-10(2)14-8-13(9-18-12(14)17)7-5-3-4-6-11(15)16/h10H,3-9H2,1-2H3,(H,15,16). The first-order chi connectivity index (χ1) is 8.50. The molecule has 1 aliphatic heterocycles. The minimum absolute atomic E-state index is 0.289. The van der Waals surface area contributed by atoms with Crippen molar-refractivity contribution in [1.82, 2.24) is 9.80 Å². The smallest absolute Gasteiger partial charge is 0.303 e. The molecule has 0 saturated carbocycles. The fourth-order valence-corrected chi connectivity index (χ4v) is 3.21. The molecule has 1 heterocycles. The molecule has 1 rings (SSSR count). The first kappa shape index (κ1) is 15.7. The Morgan fingerprint density at radius 1 is 1.44 bits per heavy atom. The monoisotopic (exact) mass is 290 g/mol. The van der Waals surface area contributed by atoms with E-state index in [1.807, 2.05) is 0 Å². The summed E-state index contributed by atoms with van der Waals surface area (Å²) in [7, 11) is 0. The molecule has 0 radical (unpaired) electrons. The lowest BCUT2D eigenvalue weighted by Gasteiger charge is -2.39. The van der Waals surface area contributed by atoms with Crippen LogP contribution in [0.3, 0.4) is 0 Å². The Kier molecular flexibility index (Phi) is 6.96. The van der Waals surface area contributed by atoms with Gasteiger partial charge in [-0.05, 0) is 26.7 Å². The van der Waals surface area contributed by atoms with Crippen LogP contribution in [0, 0.1) is 0 Å². The highest BCUT2D eigenvalue weighted by Gasteiger charge is 2.22. The Balaban J connectivity index is 2.19. The number of rotatable bonds is 7. The number of unbranched alkanes of at least 4 members (excludes halogenated alkanes) is 2. The minimum Gasteiger partial charge on any atom is -0.481 e. The number of carbonyl (C=O) groups is 1. The lowest BCUT2D eigenvalue weighted by Crippen LogP contribution is -2.48. The van der Waals surface area contributed by atoms with Crippen molar-refractivity contribution in [2.75, 3.05) is 19.1 Å². The first-order valence-corrected chi connectivity index (χ1v) is 7.77. The van der Waals surface area contributed by atoms with Crippen molar-refractivity contribution in [3.63, 3.8) is 0 Å². The van der Waals surface area contributed by atoms with E-state index in [-0.39, 0.29) is 6.42 Å². The summed E-state index contributed by atoms with van der Waals surface area (Å²) >= 11 is 7.06. The van der Waals surface area contributed by atoms with Gasteiger partial charge in [0, 0.05) is 19.0 Å². The topological polar surface area (TPSA) is 43.8 Å². The predicted molar refractivity (Wildman–Crippen MR) is 79.7 cm³/mol. The third-order valence-electron chi connectivity index (χ3n) is 2.95. The van der Waals surface area contributed by atoms with Crippen molar-refractivity contribution in [3.05, 3.63) is 0 Å². The number of nitrogens with zero attached hydrogens (tertiary/aromatic N) is 2.